The second-order valence-electron chi connectivity index (χ2n) is 9.01. The molecular formula is C31H30ClNO. The van der Waals surface area contributed by atoms with Crippen molar-refractivity contribution in [1.29, 1.82) is 0 Å². The molecule has 0 bridgehead atoms. The zero-order chi connectivity index (χ0) is 23.2. The summed E-state index contributed by atoms with van der Waals surface area (Å²) in [6.07, 6.45) is 3.43. The largest absolute Gasteiger partial charge is 0.372 e. The number of hydrogen-bond donors (Lipinski definition) is 1. The summed E-state index contributed by atoms with van der Waals surface area (Å²) < 4.78 is 6.49. The molecule has 172 valence electrons. The molecule has 1 aliphatic rings. The molecule has 2 unspecified atom stereocenters. The molecule has 1 aliphatic carbocycles. The van der Waals surface area contributed by atoms with Crippen LogP contribution in [0.2, 0.25) is 5.02 Å². The Bertz CT molecular complexity index is 1070. The SMILES string of the molecule is Clc1ccc(COC2CCCC2NC(c2ccccc2)(c2ccccc2)c2ccccc2)cc1. The van der Waals surface area contributed by atoms with Crippen LogP contribution in [-0.2, 0) is 16.9 Å². The summed E-state index contributed by atoms with van der Waals surface area (Å²) in [5, 5.41) is 4.88. The van der Waals surface area contributed by atoms with Crippen molar-refractivity contribution in [3.8, 4) is 0 Å². The van der Waals surface area contributed by atoms with Crippen molar-refractivity contribution in [3.63, 3.8) is 0 Å². The van der Waals surface area contributed by atoms with Gasteiger partial charge in [-0.25, -0.2) is 0 Å². The highest BCUT2D eigenvalue weighted by Gasteiger charge is 2.41. The van der Waals surface area contributed by atoms with E-state index in [9.17, 15) is 0 Å². The van der Waals surface area contributed by atoms with Crippen LogP contribution in [0.1, 0.15) is 41.5 Å². The van der Waals surface area contributed by atoms with E-state index in [0.29, 0.717) is 6.61 Å². The second kappa shape index (κ2) is 10.6. The Morgan fingerprint density at radius 1 is 0.676 bits per heavy atom. The Balaban J connectivity index is 1.51. The van der Waals surface area contributed by atoms with E-state index in [1.807, 2.05) is 24.3 Å². The highest BCUT2D eigenvalue weighted by molar-refractivity contribution is 6.30. The fourth-order valence-corrected chi connectivity index (χ4v) is 5.29. The minimum atomic E-state index is -0.472. The van der Waals surface area contributed by atoms with Crippen molar-refractivity contribution in [3.05, 3.63) is 143 Å². The summed E-state index contributed by atoms with van der Waals surface area (Å²) in [5.74, 6) is 0. The number of ether oxygens (including phenoxy) is 1. The minimum Gasteiger partial charge on any atom is -0.372 e. The molecule has 2 nitrogen and oxygen atoms in total. The van der Waals surface area contributed by atoms with Crippen LogP contribution in [0, 0.1) is 0 Å². The maximum absolute atomic E-state index is 6.49. The number of rotatable bonds is 8. The smallest absolute Gasteiger partial charge is 0.0950 e. The second-order valence-corrected chi connectivity index (χ2v) is 9.44. The lowest BCUT2D eigenvalue weighted by atomic mass is 9.76. The van der Waals surface area contributed by atoms with E-state index in [1.165, 1.54) is 16.7 Å². The van der Waals surface area contributed by atoms with Gasteiger partial charge in [-0.3, -0.25) is 5.32 Å². The van der Waals surface area contributed by atoms with Gasteiger partial charge in [0.1, 0.15) is 0 Å². The van der Waals surface area contributed by atoms with Gasteiger partial charge in [-0.2, -0.15) is 0 Å². The molecule has 0 radical (unpaired) electrons. The topological polar surface area (TPSA) is 21.3 Å². The molecule has 0 saturated heterocycles. The summed E-state index contributed by atoms with van der Waals surface area (Å²) in [4.78, 5) is 0. The Morgan fingerprint density at radius 2 is 1.18 bits per heavy atom. The Hall–Kier alpha value is -2.91. The van der Waals surface area contributed by atoms with Gasteiger partial charge in [0.15, 0.2) is 0 Å². The third kappa shape index (κ3) is 4.81. The summed E-state index contributed by atoms with van der Waals surface area (Å²) in [6.45, 7) is 0.592. The highest BCUT2D eigenvalue weighted by Crippen LogP contribution is 2.39. The average molecular weight is 468 g/mol. The average Bonchev–Trinajstić information content (AvgIpc) is 3.35. The molecule has 1 saturated carbocycles. The van der Waals surface area contributed by atoms with Crippen molar-refractivity contribution in [2.24, 2.45) is 0 Å². The van der Waals surface area contributed by atoms with Crippen LogP contribution in [-0.4, -0.2) is 12.1 Å². The van der Waals surface area contributed by atoms with Crippen LogP contribution in [0.15, 0.2) is 115 Å². The number of hydrogen-bond acceptors (Lipinski definition) is 2. The summed E-state index contributed by atoms with van der Waals surface area (Å²) in [7, 11) is 0. The van der Waals surface area contributed by atoms with Gasteiger partial charge >= 0.3 is 0 Å². The maximum atomic E-state index is 6.49. The molecule has 0 aliphatic heterocycles. The quantitative estimate of drug-likeness (QED) is 0.273. The normalized spacial score (nSPS) is 18.1. The van der Waals surface area contributed by atoms with E-state index in [-0.39, 0.29) is 12.1 Å². The van der Waals surface area contributed by atoms with Gasteiger partial charge < -0.3 is 4.74 Å². The molecule has 0 heterocycles. The van der Waals surface area contributed by atoms with E-state index in [0.717, 1.165) is 29.8 Å². The standard InChI is InChI=1S/C31H30ClNO/c32-28-21-19-24(20-22-28)23-34-30-18-10-17-29(30)33-31(25-11-4-1-5-12-25,26-13-6-2-7-14-26)27-15-8-3-9-16-27/h1-9,11-16,19-22,29-30,33H,10,17-18,23H2. The summed E-state index contributed by atoms with van der Waals surface area (Å²) >= 11 is 6.06. The summed E-state index contributed by atoms with van der Waals surface area (Å²) in [5.41, 5.74) is 4.37. The lowest BCUT2D eigenvalue weighted by Gasteiger charge is -2.40. The molecule has 0 amide bonds. The molecule has 0 aromatic heterocycles. The molecule has 34 heavy (non-hydrogen) atoms. The van der Waals surface area contributed by atoms with Crippen molar-refractivity contribution in [2.75, 3.05) is 0 Å². The number of benzene rings is 4. The van der Waals surface area contributed by atoms with Crippen LogP contribution >= 0.6 is 11.6 Å². The van der Waals surface area contributed by atoms with Crippen molar-refractivity contribution in [2.45, 2.75) is 43.6 Å². The zero-order valence-corrected chi connectivity index (χ0v) is 20.0. The molecule has 2 atom stereocenters. The van der Waals surface area contributed by atoms with Gasteiger partial charge in [0, 0.05) is 11.1 Å². The van der Waals surface area contributed by atoms with E-state index in [4.69, 9.17) is 16.3 Å². The monoisotopic (exact) mass is 467 g/mol. The Morgan fingerprint density at radius 3 is 1.68 bits per heavy atom. The molecule has 1 N–H and O–H groups in total. The van der Waals surface area contributed by atoms with E-state index in [1.54, 1.807) is 0 Å². The van der Waals surface area contributed by atoms with Crippen LogP contribution in [0.4, 0.5) is 0 Å². The molecule has 5 rings (SSSR count). The first-order valence-electron chi connectivity index (χ1n) is 12.1. The van der Waals surface area contributed by atoms with Crippen molar-refractivity contribution < 1.29 is 4.74 Å². The zero-order valence-electron chi connectivity index (χ0n) is 19.2. The van der Waals surface area contributed by atoms with E-state index < -0.39 is 5.54 Å². The van der Waals surface area contributed by atoms with Gasteiger partial charge in [0.05, 0.1) is 18.2 Å². The Labute approximate surface area is 207 Å². The third-order valence-electron chi connectivity index (χ3n) is 6.85. The molecule has 4 aromatic carbocycles. The van der Waals surface area contributed by atoms with Crippen molar-refractivity contribution in [1.82, 2.24) is 5.32 Å². The first-order valence-corrected chi connectivity index (χ1v) is 12.4. The fraction of sp³-hybridized carbons (Fsp3) is 0.226. The first kappa shape index (κ1) is 22.9. The number of nitrogens with one attached hydrogen (secondary N) is 1. The van der Waals surface area contributed by atoms with Crippen molar-refractivity contribution >= 4 is 11.6 Å². The van der Waals surface area contributed by atoms with Crippen LogP contribution in [0.5, 0.6) is 0 Å². The molecule has 4 aromatic rings. The lowest BCUT2D eigenvalue weighted by Crippen LogP contribution is -2.52. The molecule has 1 fully saturated rings. The Kier molecular flexibility index (Phi) is 7.10. The predicted octanol–water partition coefficient (Wildman–Crippen LogP) is 7.36. The molecular weight excluding hydrogens is 438 g/mol. The van der Waals surface area contributed by atoms with Gasteiger partial charge in [0.2, 0.25) is 0 Å². The number of halogens is 1. The van der Waals surface area contributed by atoms with Gasteiger partial charge in [-0.15, -0.1) is 0 Å². The highest BCUT2D eigenvalue weighted by atomic mass is 35.5. The lowest BCUT2D eigenvalue weighted by molar-refractivity contribution is 0.0234. The predicted molar refractivity (Wildman–Crippen MR) is 140 cm³/mol. The van der Waals surface area contributed by atoms with Gasteiger partial charge in [-0.1, -0.05) is 115 Å². The third-order valence-corrected chi connectivity index (χ3v) is 7.10. The molecule has 0 spiro atoms. The summed E-state index contributed by atoms with van der Waals surface area (Å²) in [6, 6.07) is 40.5. The minimum absolute atomic E-state index is 0.145. The van der Waals surface area contributed by atoms with Gasteiger partial charge in [0.25, 0.3) is 0 Å². The molecule has 3 heteroatoms. The van der Waals surface area contributed by atoms with Crippen LogP contribution < -0.4 is 5.32 Å². The van der Waals surface area contributed by atoms with E-state index in [2.05, 4.69) is 96.3 Å². The van der Waals surface area contributed by atoms with E-state index >= 15 is 0 Å². The van der Waals surface area contributed by atoms with Gasteiger partial charge in [-0.05, 0) is 53.6 Å². The fourth-order valence-electron chi connectivity index (χ4n) is 5.17. The van der Waals surface area contributed by atoms with Crippen LogP contribution in [0.3, 0.4) is 0 Å². The first-order chi connectivity index (χ1) is 16.8. The maximum Gasteiger partial charge on any atom is 0.0950 e. The van der Waals surface area contributed by atoms with Crippen LogP contribution in [0.25, 0.3) is 0 Å².